The van der Waals surface area contributed by atoms with Gasteiger partial charge >= 0.3 is 0 Å². The molecule has 0 N–H and O–H groups in total. The third-order valence-electron chi connectivity index (χ3n) is 3.91. The van der Waals surface area contributed by atoms with Crippen molar-refractivity contribution in [2.24, 2.45) is 12.0 Å². The van der Waals surface area contributed by atoms with Gasteiger partial charge in [-0.15, -0.1) is 0 Å². The van der Waals surface area contributed by atoms with Crippen LogP contribution >= 0.6 is 0 Å². The number of hydrogen-bond acceptors (Lipinski definition) is 3. The van der Waals surface area contributed by atoms with E-state index in [1.165, 1.54) is 0 Å². The van der Waals surface area contributed by atoms with Gasteiger partial charge in [-0.1, -0.05) is 18.2 Å². The van der Waals surface area contributed by atoms with E-state index in [0.29, 0.717) is 11.4 Å². The smallest absolute Gasteiger partial charge is 0.276 e. The van der Waals surface area contributed by atoms with Crippen molar-refractivity contribution in [3.8, 4) is 11.4 Å². The minimum absolute atomic E-state index is 0.0643. The number of nitrogens with zero attached hydrogens (tertiary/aromatic N) is 3. The Hall–Kier alpha value is -3.08. The third kappa shape index (κ3) is 2.88. The van der Waals surface area contributed by atoms with Crippen molar-refractivity contribution in [1.82, 2.24) is 9.36 Å². The van der Waals surface area contributed by atoms with E-state index in [1.54, 1.807) is 29.6 Å². The van der Waals surface area contributed by atoms with E-state index in [2.05, 4.69) is 4.99 Å². The van der Waals surface area contributed by atoms with Crippen molar-refractivity contribution in [2.45, 2.75) is 6.92 Å². The summed E-state index contributed by atoms with van der Waals surface area (Å²) in [5, 5.41) is 0. The number of benzene rings is 2. The first kappa shape index (κ1) is 15.8. The SMILES string of the molecule is COc1ccc(/C=N/c2c(C)c(=O)n(-c3ccccc3)n2C)cc1. The minimum atomic E-state index is -0.0643. The van der Waals surface area contributed by atoms with Crippen molar-refractivity contribution in [2.75, 3.05) is 7.11 Å². The predicted molar refractivity (Wildman–Crippen MR) is 96.0 cm³/mol. The lowest BCUT2D eigenvalue weighted by atomic mass is 10.2. The molecule has 0 fully saturated rings. The molecule has 3 aromatic rings. The van der Waals surface area contributed by atoms with Crippen LogP contribution in [0.4, 0.5) is 5.82 Å². The minimum Gasteiger partial charge on any atom is -0.497 e. The van der Waals surface area contributed by atoms with Gasteiger partial charge in [0, 0.05) is 13.3 Å². The molecule has 0 radical (unpaired) electrons. The molecule has 1 heterocycles. The largest absolute Gasteiger partial charge is 0.497 e. The molecule has 0 aliphatic rings. The molecule has 0 spiro atoms. The molecule has 0 amide bonds. The maximum Gasteiger partial charge on any atom is 0.276 e. The first-order valence-corrected chi connectivity index (χ1v) is 7.64. The second-order valence-corrected chi connectivity index (χ2v) is 5.46. The van der Waals surface area contributed by atoms with Crippen molar-refractivity contribution < 1.29 is 4.74 Å². The molecule has 1 aromatic heterocycles. The van der Waals surface area contributed by atoms with Gasteiger partial charge in [0.1, 0.15) is 5.75 Å². The van der Waals surface area contributed by atoms with Gasteiger partial charge < -0.3 is 4.74 Å². The van der Waals surface area contributed by atoms with Crippen LogP contribution in [0.25, 0.3) is 5.69 Å². The van der Waals surface area contributed by atoms with Gasteiger partial charge in [0.05, 0.1) is 18.4 Å². The van der Waals surface area contributed by atoms with Crippen LogP contribution in [0.1, 0.15) is 11.1 Å². The Morgan fingerprint density at radius 1 is 1.04 bits per heavy atom. The fraction of sp³-hybridized carbons (Fsp3) is 0.158. The number of ether oxygens (including phenoxy) is 1. The van der Waals surface area contributed by atoms with Gasteiger partial charge in [-0.2, -0.15) is 0 Å². The zero-order valence-electron chi connectivity index (χ0n) is 13.9. The maximum absolute atomic E-state index is 12.6. The lowest BCUT2D eigenvalue weighted by molar-refractivity contribution is 0.415. The van der Waals surface area contributed by atoms with Gasteiger partial charge in [0.2, 0.25) is 0 Å². The predicted octanol–water partition coefficient (Wildman–Crippen LogP) is 3.24. The summed E-state index contributed by atoms with van der Waals surface area (Å²) < 4.78 is 8.54. The highest BCUT2D eigenvalue weighted by Gasteiger charge is 2.14. The second-order valence-electron chi connectivity index (χ2n) is 5.46. The number of aliphatic imine (C=N–C) groups is 1. The Morgan fingerprint density at radius 3 is 2.33 bits per heavy atom. The van der Waals surface area contributed by atoms with Crippen molar-refractivity contribution in [1.29, 1.82) is 0 Å². The Morgan fingerprint density at radius 2 is 1.71 bits per heavy atom. The van der Waals surface area contributed by atoms with Crippen molar-refractivity contribution in [3.05, 3.63) is 76.1 Å². The highest BCUT2D eigenvalue weighted by atomic mass is 16.5. The molecule has 0 saturated carbocycles. The van der Waals surface area contributed by atoms with E-state index >= 15 is 0 Å². The molecular formula is C19H19N3O2. The molecule has 5 nitrogen and oxygen atoms in total. The third-order valence-corrected chi connectivity index (χ3v) is 3.91. The van der Waals surface area contributed by atoms with Gasteiger partial charge in [0.25, 0.3) is 5.56 Å². The molecule has 24 heavy (non-hydrogen) atoms. The van der Waals surface area contributed by atoms with Gasteiger partial charge in [-0.3, -0.25) is 9.48 Å². The zero-order valence-corrected chi connectivity index (χ0v) is 13.9. The van der Waals surface area contributed by atoms with Crippen LogP contribution in [0.3, 0.4) is 0 Å². The highest BCUT2D eigenvalue weighted by Crippen LogP contribution is 2.18. The number of hydrogen-bond donors (Lipinski definition) is 0. The zero-order chi connectivity index (χ0) is 17.1. The van der Waals surface area contributed by atoms with E-state index < -0.39 is 0 Å². The summed E-state index contributed by atoms with van der Waals surface area (Å²) in [6, 6.07) is 17.1. The summed E-state index contributed by atoms with van der Waals surface area (Å²) in [6.07, 6.45) is 1.75. The van der Waals surface area contributed by atoms with E-state index in [4.69, 9.17) is 4.74 Å². The van der Waals surface area contributed by atoms with Crippen LogP contribution in [0, 0.1) is 6.92 Å². The number of rotatable bonds is 4. The number of aromatic nitrogens is 2. The summed E-state index contributed by atoms with van der Waals surface area (Å²) in [5.41, 5.74) is 2.31. The number of para-hydroxylation sites is 1. The summed E-state index contributed by atoms with van der Waals surface area (Å²) in [5.74, 6) is 1.44. The van der Waals surface area contributed by atoms with E-state index in [9.17, 15) is 4.79 Å². The number of methoxy groups -OCH3 is 1. The maximum atomic E-state index is 12.6. The average Bonchev–Trinajstić information content (AvgIpc) is 2.83. The lowest BCUT2D eigenvalue weighted by Gasteiger charge is -2.07. The first-order chi connectivity index (χ1) is 11.6. The molecule has 0 saturated heterocycles. The normalized spacial score (nSPS) is 11.1. The van der Waals surface area contributed by atoms with Crippen LogP contribution in [0.5, 0.6) is 5.75 Å². The standard InChI is InChI=1S/C19H19N3O2/c1-14-18(20-13-15-9-11-17(24-3)12-10-15)21(2)22(19(14)23)16-7-5-4-6-8-16/h4-13H,1-3H3/b20-13+. The van der Waals surface area contributed by atoms with Gasteiger partial charge in [-0.25, -0.2) is 9.67 Å². The van der Waals surface area contributed by atoms with E-state index in [0.717, 1.165) is 17.0 Å². The van der Waals surface area contributed by atoms with Crippen molar-refractivity contribution >= 4 is 12.0 Å². The Labute approximate surface area is 140 Å². The highest BCUT2D eigenvalue weighted by molar-refractivity contribution is 5.82. The van der Waals surface area contributed by atoms with E-state index in [1.807, 2.05) is 61.6 Å². The monoisotopic (exact) mass is 321 g/mol. The molecule has 5 heteroatoms. The lowest BCUT2D eigenvalue weighted by Crippen LogP contribution is -2.19. The van der Waals surface area contributed by atoms with Crippen LogP contribution in [-0.4, -0.2) is 22.7 Å². The Bertz CT molecular complexity index is 920. The Kier molecular flexibility index (Phi) is 4.33. The van der Waals surface area contributed by atoms with Crippen LogP contribution in [-0.2, 0) is 7.05 Å². The van der Waals surface area contributed by atoms with Crippen molar-refractivity contribution in [3.63, 3.8) is 0 Å². The first-order valence-electron chi connectivity index (χ1n) is 7.64. The summed E-state index contributed by atoms with van der Waals surface area (Å²) in [7, 11) is 3.47. The van der Waals surface area contributed by atoms with Crippen LogP contribution in [0.2, 0.25) is 0 Å². The molecule has 0 aliphatic heterocycles. The summed E-state index contributed by atoms with van der Waals surface area (Å²) in [4.78, 5) is 17.1. The fourth-order valence-corrected chi connectivity index (χ4v) is 2.59. The molecule has 0 unspecified atom stereocenters. The summed E-state index contributed by atoms with van der Waals surface area (Å²) in [6.45, 7) is 1.79. The molecule has 3 rings (SSSR count). The molecule has 0 atom stereocenters. The fourth-order valence-electron chi connectivity index (χ4n) is 2.59. The topological polar surface area (TPSA) is 48.5 Å². The second kappa shape index (κ2) is 6.58. The molecule has 0 bridgehead atoms. The molecular weight excluding hydrogens is 302 g/mol. The average molecular weight is 321 g/mol. The van der Waals surface area contributed by atoms with Gasteiger partial charge in [0.15, 0.2) is 5.82 Å². The quantitative estimate of drug-likeness (QED) is 0.693. The van der Waals surface area contributed by atoms with Gasteiger partial charge in [-0.05, 0) is 48.9 Å². The van der Waals surface area contributed by atoms with E-state index in [-0.39, 0.29) is 5.56 Å². The van der Waals surface area contributed by atoms with Crippen LogP contribution in [0.15, 0.2) is 64.4 Å². The molecule has 122 valence electrons. The van der Waals surface area contributed by atoms with Crippen LogP contribution < -0.4 is 10.3 Å². The molecule has 0 aliphatic carbocycles. The molecule has 2 aromatic carbocycles. The summed E-state index contributed by atoms with van der Waals surface area (Å²) >= 11 is 0. The Balaban J connectivity index is 2.00.